The maximum Gasteiger partial charge on any atom is 0.377 e. The number of hydrogen-bond donors (Lipinski definition) is 0. The van der Waals surface area contributed by atoms with Crippen molar-refractivity contribution >= 4 is 33.5 Å². The minimum atomic E-state index is -1.91. The van der Waals surface area contributed by atoms with Crippen molar-refractivity contribution in [3.8, 4) is 0 Å². The number of halogens is 1. The lowest BCUT2D eigenvalue weighted by molar-refractivity contribution is -0.153. The van der Waals surface area contributed by atoms with Gasteiger partial charge in [-0.3, -0.25) is 9.59 Å². The van der Waals surface area contributed by atoms with Crippen LogP contribution in [0.15, 0.2) is 27.8 Å². The molecule has 0 heterocycles. The molecule has 1 aromatic carbocycles. The summed E-state index contributed by atoms with van der Waals surface area (Å²) in [5, 5.41) is 2.47. The van der Waals surface area contributed by atoms with Crippen molar-refractivity contribution in [3.05, 3.63) is 38.7 Å². The largest absolute Gasteiger partial charge is 0.460 e. The number of carbonyl (C=O) groups is 3. The highest BCUT2D eigenvalue weighted by Gasteiger charge is 2.35. The van der Waals surface area contributed by atoms with E-state index in [0.29, 0.717) is 10.0 Å². The third kappa shape index (κ3) is 3.57. The van der Waals surface area contributed by atoms with Gasteiger partial charge in [-0.25, -0.2) is 4.79 Å². The molecule has 1 aromatic rings. The van der Waals surface area contributed by atoms with E-state index in [4.69, 9.17) is 0 Å². The van der Waals surface area contributed by atoms with Crippen LogP contribution in [0.4, 0.5) is 0 Å². The summed E-state index contributed by atoms with van der Waals surface area (Å²) in [4.78, 5) is 45.9. The van der Waals surface area contributed by atoms with Crippen LogP contribution in [0.1, 0.15) is 22.8 Å². The lowest BCUT2D eigenvalue weighted by Crippen LogP contribution is -2.35. The van der Waals surface area contributed by atoms with Crippen LogP contribution in [-0.4, -0.2) is 30.2 Å². The van der Waals surface area contributed by atoms with Crippen molar-refractivity contribution < 1.29 is 19.1 Å². The molecule has 0 spiro atoms. The molecule has 0 amide bonds. The first-order valence-corrected chi connectivity index (χ1v) is 6.55. The molecule has 0 radical (unpaired) electrons. The van der Waals surface area contributed by atoms with E-state index in [9.17, 15) is 19.3 Å². The summed E-state index contributed by atoms with van der Waals surface area (Å²) in [6.45, 7) is 3.13. The fraction of sp³-hybridized carbons (Fsp3) is 0.308. The Bertz CT molecular complexity index is 570. The van der Waals surface area contributed by atoms with Gasteiger partial charge >= 0.3 is 5.97 Å². The fourth-order valence-corrected chi connectivity index (χ4v) is 1.90. The highest BCUT2D eigenvalue weighted by Crippen LogP contribution is 2.19. The van der Waals surface area contributed by atoms with Crippen LogP contribution in [0.2, 0.25) is 0 Å². The number of nitrogens with zero attached hydrogens (tertiary/aromatic N) is 1. The number of esters is 1. The Hall–Kier alpha value is -1.89. The third-order valence-corrected chi connectivity index (χ3v) is 3.04. The Balaban J connectivity index is 3.09. The van der Waals surface area contributed by atoms with Crippen molar-refractivity contribution in [2.45, 2.75) is 19.9 Å². The Morgan fingerprint density at radius 2 is 2.00 bits per heavy atom. The normalized spacial score (nSPS) is 11.6. The van der Waals surface area contributed by atoms with Crippen molar-refractivity contribution in [1.29, 1.82) is 0 Å². The molecule has 1 rings (SSSR count). The predicted octanol–water partition coefficient (Wildman–Crippen LogP) is 2.21. The standard InChI is InChI=1S/C13H12BrNO5/c1-3-20-13(18)12(17)10(15-19)11(16)9-6-8(14)5-4-7(9)2/h4-6,10H,3H2,1-2H3. The van der Waals surface area contributed by atoms with Gasteiger partial charge in [0, 0.05) is 10.0 Å². The number of aryl methyl sites for hydroxylation is 1. The molecule has 0 aliphatic carbocycles. The van der Waals surface area contributed by atoms with E-state index in [1.54, 1.807) is 19.1 Å². The first kappa shape index (κ1) is 16.2. The average molecular weight is 342 g/mol. The van der Waals surface area contributed by atoms with Gasteiger partial charge in [0.25, 0.3) is 5.78 Å². The maximum absolute atomic E-state index is 12.2. The Morgan fingerprint density at radius 3 is 2.55 bits per heavy atom. The zero-order valence-corrected chi connectivity index (χ0v) is 12.5. The van der Waals surface area contributed by atoms with Gasteiger partial charge in [-0.1, -0.05) is 22.0 Å². The van der Waals surface area contributed by atoms with Crippen LogP contribution in [0.5, 0.6) is 0 Å². The Morgan fingerprint density at radius 1 is 1.35 bits per heavy atom. The van der Waals surface area contributed by atoms with Crippen molar-refractivity contribution in [2.75, 3.05) is 6.61 Å². The predicted molar refractivity (Wildman–Crippen MR) is 74.4 cm³/mol. The second-order valence-electron chi connectivity index (χ2n) is 3.92. The number of hydrogen-bond acceptors (Lipinski definition) is 6. The van der Waals surface area contributed by atoms with Crippen LogP contribution in [-0.2, 0) is 14.3 Å². The molecule has 7 heteroatoms. The van der Waals surface area contributed by atoms with Gasteiger partial charge < -0.3 is 4.74 Å². The smallest absolute Gasteiger partial charge is 0.377 e. The quantitative estimate of drug-likeness (QED) is 0.260. The highest BCUT2D eigenvalue weighted by molar-refractivity contribution is 9.10. The molecule has 20 heavy (non-hydrogen) atoms. The van der Waals surface area contributed by atoms with Gasteiger partial charge in [-0.15, -0.1) is 4.91 Å². The van der Waals surface area contributed by atoms with E-state index >= 15 is 0 Å². The van der Waals surface area contributed by atoms with Crippen LogP contribution < -0.4 is 0 Å². The van der Waals surface area contributed by atoms with E-state index in [1.165, 1.54) is 13.0 Å². The molecular weight excluding hydrogens is 330 g/mol. The second-order valence-corrected chi connectivity index (χ2v) is 4.83. The van der Waals surface area contributed by atoms with Crippen LogP contribution in [0, 0.1) is 11.8 Å². The molecule has 0 aromatic heterocycles. The summed E-state index contributed by atoms with van der Waals surface area (Å²) < 4.78 is 5.09. The van der Waals surface area contributed by atoms with Gasteiger partial charge in [-0.2, -0.15) is 0 Å². The van der Waals surface area contributed by atoms with E-state index in [-0.39, 0.29) is 12.2 Å². The van der Waals surface area contributed by atoms with Crippen molar-refractivity contribution in [2.24, 2.45) is 5.18 Å². The van der Waals surface area contributed by atoms with Gasteiger partial charge in [0.2, 0.25) is 6.04 Å². The van der Waals surface area contributed by atoms with E-state index < -0.39 is 23.6 Å². The second kappa shape index (κ2) is 7.04. The highest BCUT2D eigenvalue weighted by atomic mass is 79.9. The summed E-state index contributed by atoms with van der Waals surface area (Å²) in [6, 6.07) is 2.91. The van der Waals surface area contributed by atoms with E-state index in [2.05, 4.69) is 25.8 Å². The molecule has 0 fully saturated rings. The number of nitroso groups, excluding NO2 is 1. The number of benzene rings is 1. The molecule has 0 saturated carbocycles. The topological polar surface area (TPSA) is 89.9 Å². The summed E-state index contributed by atoms with van der Waals surface area (Å²) in [7, 11) is 0. The summed E-state index contributed by atoms with van der Waals surface area (Å²) in [5.41, 5.74) is 0.727. The first-order chi connectivity index (χ1) is 9.42. The van der Waals surface area contributed by atoms with Crippen LogP contribution >= 0.6 is 15.9 Å². The van der Waals surface area contributed by atoms with Gasteiger partial charge in [-0.05, 0) is 36.7 Å². The summed E-state index contributed by atoms with van der Waals surface area (Å²) >= 11 is 3.19. The molecule has 0 aliphatic heterocycles. The molecular formula is C13H12BrNO5. The maximum atomic E-state index is 12.2. The zero-order chi connectivity index (χ0) is 15.3. The lowest BCUT2D eigenvalue weighted by atomic mass is 9.97. The van der Waals surface area contributed by atoms with Crippen molar-refractivity contribution in [1.82, 2.24) is 0 Å². The molecule has 1 unspecified atom stereocenters. The first-order valence-electron chi connectivity index (χ1n) is 5.76. The molecule has 0 bridgehead atoms. The lowest BCUT2D eigenvalue weighted by Gasteiger charge is -2.09. The van der Waals surface area contributed by atoms with Crippen LogP contribution in [0.25, 0.3) is 0 Å². The minimum Gasteiger partial charge on any atom is -0.460 e. The monoisotopic (exact) mass is 341 g/mol. The van der Waals surface area contributed by atoms with E-state index in [1.807, 2.05) is 0 Å². The molecule has 0 aliphatic rings. The molecule has 0 N–H and O–H groups in total. The van der Waals surface area contributed by atoms with E-state index in [0.717, 1.165) is 0 Å². The van der Waals surface area contributed by atoms with Crippen molar-refractivity contribution in [3.63, 3.8) is 0 Å². The van der Waals surface area contributed by atoms with Crippen LogP contribution in [0.3, 0.4) is 0 Å². The number of ether oxygens (including phenoxy) is 1. The SMILES string of the molecule is CCOC(=O)C(=O)C(N=O)C(=O)c1cc(Br)ccc1C. The van der Waals surface area contributed by atoms with Gasteiger partial charge in [0.05, 0.1) is 6.61 Å². The molecule has 6 nitrogen and oxygen atoms in total. The average Bonchev–Trinajstić information content (AvgIpc) is 2.42. The number of rotatable bonds is 6. The third-order valence-electron chi connectivity index (χ3n) is 2.54. The zero-order valence-electron chi connectivity index (χ0n) is 10.9. The summed E-state index contributed by atoms with van der Waals surface area (Å²) in [6.07, 6.45) is 0. The fourth-order valence-electron chi connectivity index (χ4n) is 1.54. The van der Waals surface area contributed by atoms with Gasteiger partial charge in [0.1, 0.15) is 0 Å². The molecule has 1 atom stereocenters. The molecule has 106 valence electrons. The number of ketones is 2. The Labute approximate surface area is 123 Å². The number of carbonyl (C=O) groups excluding carboxylic acids is 3. The van der Waals surface area contributed by atoms with Gasteiger partial charge in [0.15, 0.2) is 5.78 Å². The summed E-state index contributed by atoms with van der Waals surface area (Å²) in [5.74, 6) is -3.32. The number of Topliss-reactive ketones (excluding diaryl/α,β-unsaturated/α-hetero) is 2. The Kier molecular flexibility index (Phi) is 5.69. The minimum absolute atomic E-state index is 0.0275. The molecule has 0 saturated heterocycles.